The molecule has 1 heterocycles. The first-order chi connectivity index (χ1) is 7.41. The summed E-state index contributed by atoms with van der Waals surface area (Å²) in [6.07, 6.45) is 4.66. The Bertz CT molecular complexity index is 215. The van der Waals surface area contributed by atoms with Gasteiger partial charge in [0.05, 0.1) is 5.60 Å². The highest BCUT2D eigenvalue weighted by Crippen LogP contribution is 2.28. The van der Waals surface area contributed by atoms with Gasteiger partial charge in [-0.15, -0.1) is 0 Å². The highest BCUT2D eigenvalue weighted by Gasteiger charge is 2.31. The van der Waals surface area contributed by atoms with Gasteiger partial charge < -0.3 is 10.1 Å². The van der Waals surface area contributed by atoms with Gasteiger partial charge in [0.25, 0.3) is 0 Å². The summed E-state index contributed by atoms with van der Waals surface area (Å²) in [5.74, 6) is 0. The van der Waals surface area contributed by atoms with Crippen LogP contribution in [0.15, 0.2) is 0 Å². The van der Waals surface area contributed by atoms with E-state index in [4.69, 9.17) is 4.74 Å². The van der Waals surface area contributed by atoms with Crippen LogP contribution >= 0.6 is 0 Å². The van der Waals surface area contributed by atoms with Crippen molar-refractivity contribution >= 4 is 0 Å². The number of nitrogens with one attached hydrogen (secondary N) is 1. The van der Waals surface area contributed by atoms with Crippen molar-refractivity contribution in [2.45, 2.75) is 71.9 Å². The first-order valence-electron chi connectivity index (χ1n) is 6.78. The average molecular weight is 227 g/mol. The zero-order valence-electron chi connectivity index (χ0n) is 11.7. The van der Waals surface area contributed by atoms with Crippen LogP contribution in [0.3, 0.4) is 0 Å². The van der Waals surface area contributed by atoms with E-state index in [1.165, 1.54) is 6.42 Å². The minimum atomic E-state index is 0.103. The van der Waals surface area contributed by atoms with Crippen molar-refractivity contribution in [3.8, 4) is 0 Å². The minimum absolute atomic E-state index is 0.103. The van der Waals surface area contributed by atoms with Crippen molar-refractivity contribution in [2.75, 3.05) is 13.2 Å². The molecule has 1 rings (SSSR count). The van der Waals surface area contributed by atoms with Gasteiger partial charge in [0.1, 0.15) is 0 Å². The Morgan fingerprint density at radius 2 is 2.06 bits per heavy atom. The van der Waals surface area contributed by atoms with Gasteiger partial charge in [-0.1, -0.05) is 27.7 Å². The minimum Gasteiger partial charge on any atom is -0.375 e. The molecule has 2 nitrogen and oxygen atoms in total. The van der Waals surface area contributed by atoms with Crippen LogP contribution in [0, 0.1) is 5.41 Å². The molecule has 0 aromatic heterocycles. The maximum absolute atomic E-state index is 5.86. The Balaban J connectivity index is 2.38. The van der Waals surface area contributed by atoms with Crippen LogP contribution in [0.25, 0.3) is 0 Å². The van der Waals surface area contributed by atoms with E-state index < -0.39 is 0 Å². The summed E-state index contributed by atoms with van der Waals surface area (Å²) >= 11 is 0. The molecule has 1 fully saturated rings. The molecule has 0 aromatic rings. The smallest absolute Gasteiger partial charge is 0.0666 e. The molecule has 1 aliphatic rings. The van der Waals surface area contributed by atoms with Crippen molar-refractivity contribution in [1.29, 1.82) is 0 Å². The fourth-order valence-electron chi connectivity index (χ4n) is 2.10. The molecular formula is C14H29NO. The molecule has 2 atom stereocenters. The average Bonchev–Trinajstić information content (AvgIpc) is 2.27. The molecule has 0 amide bonds. The number of hydrogen-bond acceptors (Lipinski definition) is 2. The lowest BCUT2D eigenvalue weighted by Gasteiger charge is -2.39. The van der Waals surface area contributed by atoms with Crippen LogP contribution in [0.1, 0.15) is 60.3 Å². The van der Waals surface area contributed by atoms with E-state index >= 15 is 0 Å². The Morgan fingerprint density at radius 3 is 2.62 bits per heavy atom. The van der Waals surface area contributed by atoms with Crippen molar-refractivity contribution in [2.24, 2.45) is 5.41 Å². The van der Waals surface area contributed by atoms with Gasteiger partial charge in [-0.3, -0.25) is 0 Å². The Labute approximate surface area is 101 Å². The summed E-state index contributed by atoms with van der Waals surface area (Å²) in [6.45, 7) is 13.4. The first-order valence-corrected chi connectivity index (χ1v) is 6.78. The highest BCUT2D eigenvalue weighted by molar-refractivity contribution is 4.86. The van der Waals surface area contributed by atoms with Gasteiger partial charge in [-0.25, -0.2) is 0 Å². The van der Waals surface area contributed by atoms with E-state index in [-0.39, 0.29) is 5.60 Å². The molecule has 0 bridgehead atoms. The second-order valence-electron chi connectivity index (χ2n) is 6.24. The third-order valence-corrected chi connectivity index (χ3v) is 4.17. The Kier molecular flexibility index (Phi) is 4.81. The summed E-state index contributed by atoms with van der Waals surface area (Å²) in [7, 11) is 0. The zero-order valence-corrected chi connectivity index (χ0v) is 11.7. The lowest BCUT2D eigenvalue weighted by molar-refractivity contribution is -0.0786. The van der Waals surface area contributed by atoms with Gasteiger partial charge in [0.2, 0.25) is 0 Å². The largest absolute Gasteiger partial charge is 0.375 e. The number of rotatable bonds is 5. The molecule has 1 saturated heterocycles. The SMILES string of the molecule is CCC(C)(C)CNC1CCOC(C)(CC)C1. The number of ether oxygens (including phenoxy) is 1. The van der Waals surface area contributed by atoms with Gasteiger partial charge in [0.15, 0.2) is 0 Å². The molecule has 16 heavy (non-hydrogen) atoms. The summed E-state index contributed by atoms with van der Waals surface area (Å²) in [5.41, 5.74) is 0.521. The summed E-state index contributed by atoms with van der Waals surface area (Å²) in [6, 6.07) is 0.643. The van der Waals surface area contributed by atoms with Crippen molar-refractivity contribution in [3.05, 3.63) is 0 Å². The van der Waals surface area contributed by atoms with Crippen LogP contribution in [-0.4, -0.2) is 24.8 Å². The molecule has 0 radical (unpaired) electrons. The van der Waals surface area contributed by atoms with E-state index in [0.29, 0.717) is 11.5 Å². The third-order valence-electron chi connectivity index (χ3n) is 4.17. The number of hydrogen-bond donors (Lipinski definition) is 1. The van der Waals surface area contributed by atoms with Gasteiger partial charge in [-0.2, -0.15) is 0 Å². The molecule has 1 N–H and O–H groups in total. The molecule has 0 aliphatic carbocycles. The van der Waals surface area contributed by atoms with E-state index in [1.807, 2.05) is 0 Å². The first kappa shape index (κ1) is 14.0. The van der Waals surface area contributed by atoms with E-state index in [9.17, 15) is 0 Å². The maximum Gasteiger partial charge on any atom is 0.0666 e. The highest BCUT2D eigenvalue weighted by atomic mass is 16.5. The standard InChI is InChI=1S/C14H29NO/c1-6-13(3,4)11-15-12-8-9-16-14(5,7-2)10-12/h12,15H,6-11H2,1-5H3. The lowest BCUT2D eigenvalue weighted by atomic mass is 9.87. The summed E-state index contributed by atoms with van der Waals surface area (Å²) in [4.78, 5) is 0. The van der Waals surface area contributed by atoms with Crippen LogP contribution in [0.2, 0.25) is 0 Å². The molecular weight excluding hydrogens is 198 g/mol. The van der Waals surface area contributed by atoms with E-state index in [2.05, 4.69) is 39.9 Å². The van der Waals surface area contributed by atoms with Crippen LogP contribution < -0.4 is 5.32 Å². The van der Waals surface area contributed by atoms with Crippen LogP contribution in [0.4, 0.5) is 0 Å². The van der Waals surface area contributed by atoms with Crippen LogP contribution in [0.5, 0.6) is 0 Å². The quantitative estimate of drug-likeness (QED) is 0.777. The molecule has 1 aliphatic heterocycles. The second-order valence-corrected chi connectivity index (χ2v) is 6.24. The van der Waals surface area contributed by atoms with E-state index in [1.54, 1.807) is 0 Å². The molecule has 2 unspecified atom stereocenters. The fraction of sp³-hybridized carbons (Fsp3) is 1.00. The van der Waals surface area contributed by atoms with Crippen molar-refractivity contribution in [1.82, 2.24) is 5.32 Å². The van der Waals surface area contributed by atoms with Crippen molar-refractivity contribution < 1.29 is 4.74 Å². The molecule has 2 heteroatoms. The van der Waals surface area contributed by atoms with Crippen LogP contribution in [-0.2, 0) is 4.74 Å². The Hall–Kier alpha value is -0.0800. The predicted molar refractivity (Wildman–Crippen MR) is 69.7 cm³/mol. The molecule has 0 spiro atoms. The monoisotopic (exact) mass is 227 g/mol. The van der Waals surface area contributed by atoms with E-state index in [0.717, 1.165) is 32.4 Å². The zero-order chi connectivity index (χ0) is 12.2. The van der Waals surface area contributed by atoms with Gasteiger partial charge >= 0.3 is 0 Å². The molecule has 0 aromatic carbocycles. The maximum atomic E-state index is 5.86. The summed E-state index contributed by atoms with van der Waals surface area (Å²) < 4.78 is 5.86. The Morgan fingerprint density at radius 1 is 1.38 bits per heavy atom. The normalized spacial score (nSPS) is 31.7. The molecule has 96 valence electrons. The van der Waals surface area contributed by atoms with Gasteiger partial charge in [0, 0.05) is 19.2 Å². The van der Waals surface area contributed by atoms with Gasteiger partial charge in [-0.05, 0) is 38.0 Å². The second kappa shape index (κ2) is 5.50. The molecule has 0 saturated carbocycles. The topological polar surface area (TPSA) is 21.3 Å². The summed E-state index contributed by atoms with van der Waals surface area (Å²) in [5, 5.41) is 3.72. The fourth-order valence-corrected chi connectivity index (χ4v) is 2.10. The third kappa shape index (κ3) is 4.06. The van der Waals surface area contributed by atoms with Crippen molar-refractivity contribution in [3.63, 3.8) is 0 Å². The lowest BCUT2D eigenvalue weighted by Crippen LogP contribution is -2.47. The predicted octanol–water partition coefficient (Wildman–Crippen LogP) is 3.36.